The molecule has 1 saturated carbocycles. The van der Waals surface area contributed by atoms with Crippen molar-refractivity contribution < 1.29 is 14.7 Å². The molecule has 5 heteroatoms. The van der Waals surface area contributed by atoms with Crippen LogP contribution in [0.1, 0.15) is 67.3 Å². The highest BCUT2D eigenvalue weighted by atomic mass is 16.4. The molecule has 5 nitrogen and oxygen atoms in total. The molecule has 1 aromatic rings. The molecule has 1 aromatic carbocycles. The van der Waals surface area contributed by atoms with Crippen LogP contribution in [-0.2, 0) is 11.3 Å². The van der Waals surface area contributed by atoms with Gasteiger partial charge in [0.2, 0.25) is 5.91 Å². The first-order valence-electron chi connectivity index (χ1n) is 10.4. The van der Waals surface area contributed by atoms with E-state index in [0.717, 1.165) is 57.3 Å². The molecule has 2 heterocycles. The lowest BCUT2D eigenvalue weighted by Gasteiger charge is -2.44. The summed E-state index contributed by atoms with van der Waals surface area (Å²) in [4.78, 5) is 29.4. The molecule has 1 aliphatic carbocycles. The average Bonchev–Trinajstić information content (AvgIpc) is 3.08. The van der Waals surface area contributed by atoms with E-state index in [2.05, 4.69) is 9.80 Å². The molecule has 0 radical (unpaired) electrons. The van der Waals surface area contributed by atoms with Crippen molar-refractivity contribution >= 4 is 11.9 Å². The lowest BCUT2D eigenvalue weighted by molar-refractivity contribution is -0.149. The second-order valence-electron chi connectivity index (χ2n) is 8.60. The van der Waals surface area contributed by atoms with E-state index in [1.165, 1.54) is 19.3 Å². The van der Waals surface area contributed by atoms with Crippen molar-refractivity contribution in [1.82, 2.24) is 9.80 Å². The molecule has 1 N–H and O–H groups in total. The molecule has 0 bridgehead atoms. The highest BCUT2D eigenvalue weighted by molar-refractivity contribution is 5.89. The van der Waals surface area contributed by atoms with Crippen LogP contribution in [0.4, 0.5) is 0 Å². The van der Waals surface area contributed by atoms with Crippen LogP contribution in [0.2, 0.25) is 0 Å². The molecule has 1 spiro atoms. The van der Waals surface area contributed by atoms with Gasteiger partial charge in [-0.3, -0.25) is 9.69 Å². The number of rotatable bonds is 4. The number of hydrogen-bond acceptors (Lipinski definition) is 3. The molecule has 2 saturated heterocycles. The molecule has 2 aliphatic heterocycles. The van der Waals surface area contributed by atoms with E-state index in [0.29, 0.717) is 24.1 Å². The Morgan fingerprint density at radius 1 is 1.07 bits per heavy atom. The van der Waals surface area contributed by atoms with E-state index in [-0.39, 0.29) is 5.41 Å². The Morgan fingerprint density at radius 2 is 1.85 bits per heavy atom. The topological polar surface area (TPSA) is 60.9 Å². The highest BCUT2D eigenvalue weighted by Gasteiger charge is 2.49. The number of piperidine rings is 1. The summed E-state index contributed by atoms with van der Waals surface area (Å²) in [5.41, 5.74) is 0.972. The fourth-order valence-electron chi connectivity index (χ4n) is 5.42. The SMILES string of the molecule is O=C(O)c1ccccc1CN1CC[C@]2(CCCN(C3CCCCC3)C2=O)C1. The summed E-state index contributed by atoms with van der Waals surface area (Å²) < 4.78 is 0. The summed E-state index contributed by atoms with van der Waals surface area (Å²) in [7, 11) is 0. The average molecular weight is 370 g/mol. The maximum Gasteiger partial charge on any atom is 0.336 e. The van der Waals surface area contributed by atoms with Crippen LogP contribution in [0, 0.1) is 5.41 Å². The molecular formula is C22H30N2O3. The van der Waals surface area contributed by atoms with Gasteiger partial charge in [-0.05, 0) is 50.3 Å². The Kier molecular flexibility index (Phi) is 5.22. The third-order valence-corrected chi connectivity index (χ3v) is 6.86. The van der Waals surface area contributed by atoms with E-state index >= 15 is 0 Å². The Balaban J connectivity index is 1.46. The number of amides is 1. The highest BCUT2D eigenvalue weighted by Crippen LogP contribution is 2.42. The molecule has 4 rings (SSSR count). The number of hydrogen-bond donors (Lipinski definition) is 1. The van der Waals surface area contributed by atoms with Crippen molar-refractivity contribution in [2.75, 3.05) is 19.6 Å². The van der Waals surface area contributed by atoms with Gasteiger partial charge >= 0.3 is 5.97 Å². The van der Waals surface area contributed by atoms with Crippen LogP contribution >= 0.6 is 0 Å². The maximum atomic E-state index is 13.4. The first-order valence-corrected chi connectivity index (χ1v) is 10.4. The van der Waals surface area contributed by atoms with Crippen molar-refractivity contribution in [1.29, 1.82) is 0 Å². The maximum absolute atomic E-state index is 13.4. The van der Waals surface area contributed by atoms with Gasteiger partial charge in [0.15, 0.2) is 0 Å². The van der Waals surface area contributed by atoms with Gasteiger partial charge in [-0.2, -0.15) is 0 Å². The third-order valence-electron chi connectivity index (χ3n) is 6.86. The summed E-state index contributed by atoms with van der Waals surface area (Å²) in [6.45, 7) is 3.18. The number of benzene rings is 1. The minimum Gasteiger partial charge on any atom is -0.478 e. The monoisotopic (exact) mass is 370 g/mol. The van der Waals surface area contributed by atoms with Gasteiger partial charge < -0.3 is 10.0 Å². The molecular weight excluding hydrogens is 340 g/mol. The summed E-state index contributed by atoms with van der Waals surface area (Å²) in [5, 5.41) is 9.42. The Labute approximate surface area is 161 Å². The molecule has 1 atom stereocenters. The fourth-order valence-corrected chi connectivity index (χ4v) is 5.42. The van der Waals surface area contributed by atoms with E-state index in [9.17, 15) is 14.7 Å². The van der Waals surface area contributed by atoms with Gasteiger partial charge in [-0.15, -0.1) is 0 Å². The van der Waals surface area contributed by atoms with E-state index in [1.54, 1.807) is 12.1 Å². The minimum atomic E-state index is -0.878. The molecule has 3 aliphatic rings. The number of likely N-dealkylation sites (tertiary alicyclic amines) is 2. The summed E-state index contributed by atoms with van der Waals surface area (Å²) in [6.07, 6.45) is 9.12. The van der Waals surface area contributed by atoms with E-state index < -0.39 is 5.97 Å². The van der Waals surface area contributed by atoms with Crippen LogP contribution in [0.3, 0.4) is 0 Å². The fraction of sp³-hybridized carbons (Fsp3) is 0.636. The van der Waals surface area contributed by atoms with Crippen LogP contribution in [0.5, 0.6) is 0 Å². The predicted octanol–water partition coefficient (Wildman–Crippen LogP) is 3.53. The number of nitrogens with zero attached hydrogens (tertiary/aromatic N) is 2. The summed E-state index contributed by atoms with van der Waals surface area (Å²) in [5.74, 6) is -0.508. The smallest absolute Gasteiger partial charge is 0.336 e. The molecule has 1 amide bonds. The van der Waals surface area contributed by atoms with Crippen LogP contribution < -0.4 is 0 Å². The van der Waals surface area contributed by atoms with Gasteiger partial charge in [0, 0.05) is 25.7 Å². The predicted molar refractivity (Wildman–Crippen MR) is 104 cm³/mol. The number of carboxylic acid groups (broad SMARTS) is 1. The van der Waals surface area contributed by atoms with Gasteiger partial charge in [0.25, 0.3) is 0 Å². The quantitative estimate of drug-likeness (QED) is 0.881. The number of carbonyl (C=O) groups excluding carboxylic acids is 1. The molecule has 0 unspecified atom stereocenters. The van der Waals surface area contributed by atoms with Crippen molar-refractivity contribution in [3.8, 4) is 0 Å². The largest absolute Gasteiger partial charge is 0.478 e. The number of carbonyl (C=O) groups is 2. The van der Waals surface area contributed by atoms with Gasteiger partial charge in [-0.1, -0.05) is 37.5 Å². The van der Waals surface area contributed by atoms with Gasteiger partial charge in [0.05, 0.1) is 11.0 Å². The zero-order valence-corrected chi connectivity index (χ0v) is 16.0. The molecule has 3 fully saturated rings. The van der Waals surface area contributed by atoms with Crippen LogP contribution in [0.15, 0.2) is 24.3 Å². The van der Waals surface area contributed by atoms with Crippen molar-refractivity contribution in [2.45, 2.75) is 64.0 Å². The normalized spacial score (nSPS) is 27.4. The van der Waals surface area contributed by atoms with E-state index in [4.69, 9.17) is 0 Å². The standard InChI is InChI=1S/C22H30N2O3/c25-20(26)19-10-5-4-7-17(19)15-23-14-12-22(16-23)11-6-13-24(21(22)27)18-8-2-1-3-9-18/h4-5,7,10,18H,1-3,6,8-9,11-16H2,(H,25,26)/t22-/m1/s1. The van der Waals surface area contributed by atoms with Gasteiger partial charge in [-0.25, -0.2) is 4.79 Å². The van der Waals surface area contributed by atoms with Gasteiger partial charge in [0.1, 0.15) is 0 Å². The lowest BCUT2D eigenvalue weighted by Crippen LogP contribution is -2.54. The first kappa shape index (κ1) is 18.5. The number of aromatic carboxylic acids is 1. The molecule has 146 valence electrons. The summed E-state index contributed by atoms with van der Waals surface area (Å²) in [6, 6.07) is 7.67. The van der Waals surface area contributed by atoms with E-state index in [1.807, 2.05) is 12.1 Å². The minimum absolute atomic E-state index is 0.242. The van der Waals surface area contributed by atoms with Crippen LogP contribution in [-0.4, -0.2) is 52.5 Å². The first-order chi connectivity index (χ1) is 13.1. The Bertz CT molecular complexity index is 713. The number of carboxylic acids is 1. The Morgan fingerprint density at radius 3 is 2.63 bits per heavy atom. The zero-order valence-electron chi connectivity index (χ0n) is 16.0. The summed E-state index contributed by atoms with van der Waals surface area (Å²) >= 11 is 0. The Hall–Kier alpha value is -1.88. The van der Waals surface area contributed by atoms with Crippen molar-refractivity contribution in [3.63, 3.8) is 0 Å². The lowest BCUT2D eigenvalue weighted by atomic mass is 9.77. The second kappa shape index (κ2) is 7.63. The van der Waals surface area contributed by atoms with Crippen molar-refractivity contribution in [3.05, 3.63) is 35.4 Å². The molecule has 27 heavy (non-hydrogen) atoms. The molecule has 0 aromatic heterocycles. The van der Waals surface area contributed by atoms with Crippen LogP contribution in [0.25, 0.3) is 0 Å². The third kappa shape index (κ3) is 3.62. The van der Waals surface area contributed by atoms with Crippen molar-refractivity contribution in [2.24, 2.45) is 5.41 Å². The zero-order chi connectivity index (χ0) is 18.9. The second-order valence-corrected chi connectivity index (χ2v) is 8.60.